The first-order valence-electron chi connectivity index (χ1n) is 4.91. The van der Waals surface area contributed by atoms with Gasteiger partial charge in [0.1, 0.15) is 0 Å². The van der Waals surface area contributed by atoms with Crippen LogP contribution in [0, 0.1) is 0 Å². The van der Waals surface area contributed by atoms with Gasteiger partial charge in [-0.2, -0.15) is 0 Å². The second kappa shape index (κ2) is 6.50. The van der Waals surface area contributed by atoms with E-state index in [1.807, 2.05) is 6.07 Å². The highest BCUT2D eigenvalue weighted by Crippen LogP contribution is 2.21. The van der Waals surface area contributed by atoms with E-state index in [-0.39, 0.29) is 5.56 Å². The van der Waals surface area contributed by atoms with Crippen molar-refractivity contribution in [3.05, 3.63) is 28.2 Å². The van der Waals surface area contributed by atoms with E-state index < -0.39 is 5.97 Å². The summed E-state index contributed by atoms with van der Waals surface area (Å²) in [6, 6.07) is 5.15. The fourth-order valence-corrected chi connectivity index (χ4v) is 1.65. The molecule has 0 aromatic heterocycles. The Morgan fingerprint density at radius 2 is 2.31 bits per heavy atom. The average Bonchev–Trinajstić information content (AvgIpc) is 2.26. The second-order valence-electron chi connectivity index (χ2n) is 3.27. The molecule has 0 amide bonds. The van der Waals surface area contributed by atoms with Gasteiger partial charge in [-0.1, -0.05) is 15.9 Å². The molecule has 1 rings (SSSR count). The number of halogens is 1. The summed E-state index contributed by atoms with van der Waals surface area (Å²) in [7, 11) is 1.64. The maximum absolute atomic E-state index is 11.0. The molecule has 4 nitrogen and oxygen atoms in total. The number of rotatable bonds is 6. The number of ether oxygens (including phenoxy) is 1. The molecule has 0 saturated heterocycles. The molecule has 5 heteroatoms. The fourth-order valence-electron chi connectivity index (χ4n) is 1.29. The van der Waals surface area contributed by atoms with Gasteiger partial charge in [0.25, 0.3) is 0 Å². The largest absolute Gasteiger partial charge is 0.478 e. The average molecular weight is 288 g/mol. The Balaban J connectivity index is 2.67. The quantitative estimate of drug-likeness (QED) is 0.790. The molecule has 88 valence electrons. The van der Waals surface area contributed by atoms with E-state index >= 15 is 0 Å². The van der Waals surface area contributed by atoms with Gasteiger partial charge < -0.3 is 15.2 Å². The lowest BCUT2D eigenvalue weighted by Crippen LogP contribution is -2.09. The standard InChI is InChI=1S/C11H14BrNO3/c1-16-6-2-5-13-10-4-3-8(12)7-9(10)11(14)15/h3-4,7,13H,2,5-6H2,1H3,(H,14,15). The lowest BCUT2D eigenvalue weighted by molar-refractivity contribution is 0.0698. The number of anilines is 1. The zero-order valence-corrected chi connectivity index (χ0v) is 10.6. The lowest BCUT2D eigenvalue weighted by atomic mass is 10.2. The van der Waals surface area contributed by atoms with Crippen molar-refractivity contribution in [1.82, 2.24) is 0 Å². The molecule has 0 aliphatic carbocycles. The highest BCUT2D eigenvalue weighted by molar-refractivity contribution is 9.10. The van der Waals surface area contributed by atoms with Crippen LogP contribution in [-0.4, -0.2) is 31.3 Å². The number of hydrogen-bond donors (Lipinski definition) is 2. The number of methoxy groups -OCH3 is 1. The van der Waals surface area contributed by atoms with Crippen molar-refractivity contribution >= 4 is 27.6 Å². The van der Waals surface area contributed by atoms with Crippen LogP contribution in [0.2, 0.25) is 0 Å². The minimum absolute atomic E-state index is 0.270. The van der Waals surface area contributed by atoms with Crippen molar-refractivity contribution in [3.63, 3.8) is 0 Å². The first-order chi connectivity index (χ1) is 7.65. The van der Waals surface area contributed by atoms with Crippen LogP contribution in [-0.2, 0) is 4.74 Å². The first kappa shape index (κ1) is 13.0. The van der Waals surface area contributed by atoms with Gasteiger partial charge in [-0.15, -0.1) is 0 Å². The molecule has 0 fully saturated rings. The summed E-state index contributed by atoms with van der Waals surface area (Å²) in [5, 5.41) is 12.1. The van der Waals surface area contributed by atoms with Crippen LogP contribution in [0.3, 0.4) is 0 Å². The van der Waals surface area contributed by atoms with E-state index in [9.17, 15) is 4.79 Å². The van der Waals surface area contributed by atoms with Gasteiger partial charge in [0, 0.05) is 30.4 Å². The Hall–Kier alpha value is -1.07. The van der Waals surface area contributed by atoms with Gasteiger partial charge in [-0.3, -0.25) is 0 Å². The van der Waals surface area contributed by atoms with E-state index in [1.54, 1.807) is 19.2 Å². The minimum Gasteiger partial charge on any atom is -0.478 e. The Kier molecular flexibility index (Phi) is 5.28. The Bertz CT molecular complexity index is 368. The summed E-state index contributed by atoms with van der Waals surface area (Å²) in [5.41, 5.74) is 0.901. The molecule has 0 atom stereocenters. The molecule has 2 N–H and O–H groups in total. The molecular weight excluding hydrogens is 274 g/mol. The second-order valence-corrected chi connectivity index (χ2v) is 4.18. The summed E-state index contributed by atoms with van der Waals surface area (Å²) in [4.78, 5) is 11.0. The third-order valence-corrected chi connectivity index (χ3v) is 2.55. The summed E-state index contributed by atoms with van der Waals surface area (Å²) in [5.74, 6) is -0.935. The zero-order chi connectivity index (χ0) is 12.0. The third-order valence-electron chi connectivity index (χ3n) is 2.05. The summed E-state index contributed by atoms with van der Waals surface area (Å²) < 4.78 is 5.67. The van der Waals surface area contributed by atoms with E-state index in [0.717, 1.165) is 10.9 Å². The minimum atomic E-state index is -0.935. The molecule has 0 saturated carbocycles. The Morgan fingerprint density at radius 3 is 2.94 bits per heavy atom. The van der Waals surface area contributed by atoms with Crippen LogP contribution in [0.15, 0.2) is 22.7 Å². The smallest absolute Gasteiger partial charge is 0.337 e. The number of aromatic carboxylic acids is 1. The molecular formula is C11H14BrNO3. The number of nitrogens with one attached hydrogen (secondary N) is 1. The molecule has 0 aliphatic rings. The number of hydrogen-bond acceptors (Lipinski definition) is 3. The van der Waals surface area contributed by atoms with Crippen LogP contribution in [0.1, 0.15) is 16.8 Å². The molecule has 0 unspecified atom stereocenters. The van der Waals surface area contributed by atoms with Gasteiger partial charge in [0.05, 0.1) is 5.56 Å². The van der Waals surface area contributed by atoms with E-state index in [4.69, 9.17) is 9.84 Å². The summed E-state index contributed by atoms with van der Waals surface area (Å²) in [6.45, 7) is 1.35. The molecule has 1 aromatic rings. The monoisotopic (exact) mass is 287 g/mol. The van der Waals surface area contributed by atoms with Crippen molar-refractivity contribution < 1.29 is 14.6 Å². The van der Waals surface area contributed by atoms with E-state index in [0.29, 0.717) is 18.8 Å². The van der Waals surface area contributed by atoms with Gasteiger partial charge in [-0.25, -0.2) is 4.79 Å². The Labute approximate surface area is 103 Å². The SMILES string of the molecule is COCCCNc1ccc(Br)cc1C(=O)O. The maximum Gasteiger partial charge on any atom is 0.337 e. The van der Waals surface area contributed by atoms with Crippen LogP contribution < -0.4 is 5.32 Å². The topological polar surface area (TPSA) is 58.6 Å². The normalized spacial score (nSPS) is 10.1. The molecule has 0 heterocycles. The molecule has 1 aromatic carbocycles. The molecule has 0 bridgehead atoms. The van der Waals surface area contributed by atoms with E-state index in [1.165, 1.54) is 0 Å². The maximum atomic E-state index is 11.0. The van der Waals surface area contributed by atoms with Crippen molar-refractivity contribution in [1.29, 1.82) is 0 Å². The van der Waals surface area contributed by atoms with Gasteiger partial charge in [0.2, 0.25) is 0 Å². The molecule has 0 radical (unpaired) electrons. The number of carboxylic acid groups (broad SMARTS) is 1. The predicted molar refractivity (Wildman–Crippen MR) is 66.1 cm³/mol. The van der Waals surface area contributed by atoms with E-state index in [2.05, 4.69) is 21.2 Å². The fraction of sp³-hybridized carbons (Fsp3) is 0.364. The number of benzene rings is 1. The first-order valence-corrected chi connectivity index (χ1v) is 5.70. The van der Waals surface area contributed by atoms with Crippen LogP contribution >= 0.6 is 15.9 Å². The zero-order valence-electron chi connectivity index (χ0n) is 9.00. The van der Waals surface area contributed by atoms with Crippen molar-refractivity contribution in [2.75, 3.05) is 25.6 Å². The van der Waals surface area contributed by atoms with Crippen molar-refractivity contribution in [3.8, 4) is 0 Å². The van der Waals surface area contributed by atoms with Crippen LogP contribution in [0.5, 0.6) is 0 Å². The van der Waals surface area contributed by atoms with Crippen molar-refractivity contribution in [2.24, 2.45) is 0 Å². The number of carbonyl (C=O) groups is 1. The highest BCUT2D eigenvalue weighted by Gasteiger charge is 2.09. The number of carboxylic acids is 1. The Morgan fingerprint density at radius 1 is 1.56 bits per heavy atom. The summed E-state index contributed by atoms with van der Waals surface area (Å²) in [6.07, 6.45) is 0.839. The summed E-state index contributed by atoms with van der Waals surface area (Å²) >= 11 is 3.25. The van der Waals surface area contributed by atoms with Crippen LogP contribution in [0.4, 0.5) is 5.69 Å². The molecule has 0 aliphatic heterocycles. The molecule has 0 spiro atoms. The van der Waals surface area contributed by atoms with Crippen LogP contribution in [0.25, 0.3) is 0 Å². The van der Waals surface area contributed by atoms with Gasteiger partial charge in [-0.05, 0) is 24.6 Å². The predicted octanol–water partition coefficient (Wildman–Crippen LogP) is 2.60. The third kappa shape index (κ3) is 3.83. The van der Waals surface area contributed by atoms with Gasteiger partial charge >= 0.3 is 5.97 Å². The molecule has 16 heavy (non-hydrogen) atoms. The van der Waals surface area contributed by atoms with Crippen molar-refractivity contribution in [2.45, 2.75) is 6.42 Å². The lowest BCUT2D eigenvalue weighted by Gasteiger charge is -2.09. The van der Waals surface area contributed by atoms with Gasteiger partial charge in [0.15, 0.2) is 0 Å². The highest BCUT2D eigenvalue weighted by atomic mass is 79.9.